The van der Waals surface area contributed by atoms with Crippen LogP contribution in [-0.2, 0) is 4.79 Å². The van der Waals surface area contributed by atoms with Crippen LogP contribution in [0.1, 0.15) is 12.5 Å². The number of carbonyl (C=O) groups is 1. The lowest BCUT2D eigenvalue weighted by atomic mass is 10.1. The lowest BCUT2D eigenvalue weighted by molar-refractivity contribution is -0.133. The Balaban J connectivity index is 1.29. The second kappa shape index (κ2) is 10.1. The van der Waals surface area contributed by atoms with Crippen LogP contribution in [0.5, 0.6) is 11.5 Å². The average Bonchev–Trinajstić information content (AvgIpc) is 2.84. The maximum Gasteiger partial charge on any atom is 0.260 e. The Bertz CT molecular complexity index is 1030. The first-order valence-corrected chi connectivity index (χ1v) is 10.9. The highest BCUT2D eigenvalue weighted by Gasteiger charge is 2.23. The van der Waals surface area contributed by atoms with Crippen LogP contribution in [0.15, 0.2) is 60.7 Å². The van der Waals surface area contributed by atoms with Gasteiger partial charge in [0.2, 0.25) is 0 Å². The molecule has 0 spiro atoms. The third-order valence-corrected chi connectivity index (χ3v) is 5.45. The number of anilines is 1. The summed E-state index contributed by atoms with van der Waals surface area (Å²) >= 11 is 0. The van der Waals surface area contributed by atoms with Crippen LogP contribution in [0.25, 0.3) is 11.3 Å². The summed E-state index contributed by atoms with van der Waals surface area (Å²) in [7, 11) is 0. The van der Waals surface area contributed by atoms with E-state index in [0.717, 1.165) is 17.1 Å². The summed E-state index contributed by atoms with van der Waals surface area (Å²) in [6.45, 7) is 7.18. The van der Waals surface area contributed by atoms with E-state index in [2.05, 4.69) is 46.3 Å². The minimum atomic E-state index is -0.0308. The smallest absolute Gasteiger partial charge is 0.260 e. The van der Waals surface area contributed by atoms with Crippen molar-refractivity contribution in [3.63, 3.8) is 0 Å². The fraction of sp³-hybridized carbons (Fsp3) is 0.320. The van der Waals surface area contributed by atoms with Crippen molar-refractivity contribution >= 4 is 11.7 Å². The maximum atomic E-state index is 12.6. The SMILES string of the molecule is CCOc1ccccc1OCC(=O)N1CCN(c2ccc(-c3ccc(C)cc3)nn2)CC1. The first-order chi connectivity index (χ1) is 15.6. The summed E-state index contributed by atoms with van der Waals surface area (Å²) in [5.74, 6) is 2.04. The molecule has 1 amide bonds. The van der Waals surface area contributed by atoms with Crippen molar-refractivity contribution in [3.8, 4) is 22.8 Å². The number of ether oxygens (including phenoxy) is 2. The Hall–Kier alpha value is -3.61. The highest BCUT2D eigenvalue weighted by atomic mass is 16.5. The largest absolute Gasteiger partial charge is 0.490 e. The van der Waals surface area contributed by atoms with Gasteiger partial charge >= 0.3 is 0 Å². The van der Waals surface area contributed by atoms with Gasteiger partial charge in [-0.3, -0.25) is 4.79 Å². The fourth-order valence-corrected chi connectivity index (χ4v) is 3.63. The van der Waals surface area contributed by atoms with Gasteiger partial charge in [-0.05, 0) is 38.1 Å². The average molecular weight is 433 g/mol. The number of amides is 1. The molecule has 4 rings (SSSR count). The first-order valence-electron chi connectivity index (χ1n) is 10.9. The van der Waals surface area contributed by atoms with Gasteiger partial charge in [-0.2, -0.15) is 0 Å². The topological polar surface area (TPSA) is 67.8 Å². The number of carbonyl (C=O) groups excluding carboxylic acids is 1. The standard InChI is InChI=1S/C25H28N4O3/c1-3-31-22-6-4-5-7-23(22)32-18-25(30)29-16-14-28(15-17-29)24-13-12-21(26-27-24)20-10-8-19(2)9-11-20/h4-13H,3,14-18H2,1-2H3. The van der Waals surface area contributed by atoms with Gasteiger partial charge in [0, 0.05) is 31.7 Å². The van der Waals surface area contributed by atoms with Gasteiger partial charge in [0.05, 0.1) is 12.3 Å². The van der Waals surface area contributed by atoms with Crippen LogP contribution in [0.4, 0.5) is 5.82 Å². The zero-order valence-electron chi connectivity index (χ0n) is 18.5. The molecule has 1 aromatic heterocycles. The summed E-state index contributed by atoms with van der Waals surface area (Å²) < 4.78 is 11.3. The molecule has 32 heavy (non-hydrogen) atoms. The molecule has 2 heterocycles. The number of benzene rings is 2. The third kappa shape index (κ3) is 5.17. The molecular formula is C25H28N4O3. The molecule has 0 N–H and O–H groups in total. The molecule has 1 saturated heterocycles. The van der Waals surface area contributed by atoms with E-state index in [-0.39, 0.29) is 12.5 Å². The van der Waals surface area contributed by atoms with E-state index in [9.17, 15) is 4.79 Å². The van der Waals surface area contributed by atoms with E-state index >= 15 is 0 Å². The highest BCUT2D eigenvalue weighted by molar-refractivity contribution is 5.78. The third-order valence-electron chi connectivity index (χ3n) is 5.45. The molecule has 166 valence electrons. The summed E-state index contributed by atoms with van der Waals surface area (Å²) in [5.41, 5.74) is 3.12. The summed E-state index contributed by atoms with van der Waals surface area (Å²) in [6.07, 6.45) is 0. The van der Waals surface area contributed by atoms with Gasteiger partial charge < -0.3 is 19.3 Å². The minimum Gasteiger partial charge on any atom is -0.490 e. The van der Waals surface area contributed by atoms with Gasteiger partial charge in [0.1, 0.15) is 0 Å². The molecule has 7 heteroatoms. The molecule has 0 saturated carbocycles. The molecule has 0 unspecified atom stereocenters. The normalized spacial score (nSPS) is 13.7. The lowest BCUT2D eigenvalue weighted by Crippen LogP contribution is -2.50. The fourth-order valence-electron chi connectivity index (χ4n) is 3.63. The van der Waals surface area contributed by atoms with Crippen molar-refractivity contribution in [1.29, 1.82) is 0 Å². The van der Waals surface area contributed by atoms with E-state index in [1.54, 1.807) is 0 Å². The molecule has 0 atom stereocenters. The minimum absolute atomic E-state index is 0.00482. The van der Waals surface area contributed by atoms with Crippen molar-refractivity contribution in [2.45, 2.75) is 13.8 Å². The summed E-state index contributed by atoms with van der Waals surface area (Å²) in [4.78, 5) is 16.6. The number of para-hydroxylation sites is 2. The first kappa shape index (κ1) is 21.6. The van der Waals surface area contributed by atoms with E-state index in [1.807, 2.05) is 48.2 Å². The summed E-state index contributed by atoms with van der Waals surface area (Å²) in [5, 5.41) is 8.80. The molecule has 1 aliphatic rings. The second-order valence-electron chi connectivity index (χ2n) is 7.68. The Kier molecular flexibility index (Phi) is 6.84. The van der Waals surface area contributed by atoms with E-state index in [1.165, 1.54) is 5.56 Å². The van der Waals surface area contributed by atoms with Crippen LogP contribution in [0, 0.1) is 6.92 Å². The van der Waals surface area contributed by atoms with Crippen molar-refractivity contribution in [1.82, 2.24) is 15.1 Å². The van der Waals surface area contributed by atoms with Crippen molar-refractivity contribution < 1.29 is 14.3 Å². The number of nitrogens with zero attached hydrogens (tertiary/aromatic N) is 4. The van der Waals surface area contributed by atoms with Gasteiger partial charge in [-0.15, -0.1) is 10.2 Å². The van der Waals surface area contributed by atoms with Gasteiger partial charge in [0.25, 0.3) is 5.91 Å². The number of piperazine rings is 1. The van der Waals surface area contributed by atoms with Crippen molar-refractivity contribution in [2.75, 3.05) is 44.3 Å². The van der Waals surface area contributed by atoms with E-state index in [4.69, 9.17) is 9.47 Å². The van der Waals surface area contributed by atoms with Crippen LogP contribution < -0.4 is 14.4 Å². The maximum absolute atomic E-state index is 12.6. The molecule has 3 aromatic rings. The Labute approximate surface area is 188 Å². The van der Waals surface area contributed by atoms with Crippen molar-refractivity contribution in [2.24, 2.45) is 0 Å². The van der Waals surface area contributed by atoms with Gasteiger partial charge in [-0.1, -0.05) is 42.0 Å². The van der Waals surface area contributed by atoms with Crippen LogP contribution in [0.2, 0.25) is 0 Å². The molecule has 7 nitrogen and oxygen atoms in total. The number of aryl methyl sites for hydroxylation is 1. The van der Waals surface area contributed by atoms with E-state index in [0.29, 0.717) is 44.3 Å². The number of aromatic nitrogens is 2. The molecule has 1 fully saturated rings. The number of hydrogen-bond donors (Lipinski definition) is 0. The predicted molar refractivity (Wildman–Crippen MR) is 124 cm³/mol. The Morgan fingerprint density at radius 3 is 2.19 bits per heavy atom. The molecule has 0 aliphatic carbocycles. The zero-order chi connectivity index (χ0) is 22.3. The van der Waals surface area contributed by atoms with Crippen LogP contribution in [0.3, 0.4) is 0 Å². The number of hydrogen-bond acceptors (Lipinski definition) is 6. The monoisotopic (exact) mass is 432 g/mol. The zero-order valence-corrected chi connectivity index (χ0v) is 18.5. The molecular weight excluding hydrogens is 404 g/mol. The van der Waals surface area contributed by atoms with Crippen LogP contribution in [-0.4, -0.2) is 60.4 Å². The van der Waals surface area contributed by atoms with Crippen LogP contribution >= 0.6 is 0 Å². The molecule has 2 aromatic carbocycles. The van der Waals surface area contributed by atoms with Gasteiger partial charge in [-0.25, -0.2) is 0 Å². The number of rotatable bonds is 7. The molecule has 1 aliphatic heterocycles. The van der Waals surface area contributed by atoms with Gasteiger partial charge in [0.15, 0.2) is 23.9 Å². The molecule has 0 bridgehead atoms. The van der Waals surface area contributed by atoms with E-state index < -0.39 is 0 Å². The Morgan fingerprint density at radius 2 is 1.56 bits per heavy atom. The quantitative estimate of drug-likeness (QED) is 0.569. The lowest BCUT2D eigenvalue weighted by Gasteiger charge is -2.35. The second-order valence-corrected chi connectivity index (χ2v) is 7.68. The molecule has 0 radical (unpaired) electrons. The summed E-state index contributed by atoms with van der Waals surface area (Å²) in [6, 6.07) is 19.6. The predicted octanol–water partition coefficient (Wildman–Crippen LogP) is 3.58. The highest BCUT2D eigenvalue weighted by Crippen LogP contribution is 2.26. The van der Waals surface area contributed by atoms with Crippen molar-refractivity contribution in [3.05, 3.63) is 66.2 Å². The Morgan fingerprint density at radius 1 is 0.875 bits per heavy atom.